The van der Waals surface area contributed by atoms with E-state index in [9.17, 15) is 14.0 Å². The van der Waals surface area contributed by atoms with Crippen molar-refractivity contribution in [3.8, 4) is 0 Å². The van der Waals surface area contributed by atoms with E-state index < -0.39 is 6.04 Å². The molecule has 5 nitrogen and oxygen atoms in total. The number of carbonyl (C=O) groups is 2. The molecule has 4 aromatic rings. The van der Waals surface area contributed by atoms with Gasteiger partial charge in [0, 0.05) is 25.5 Å². The third-order valence-electron chi connectivity index (χ3n) is 5.65. The van der Waals surface area contributed by atoms with Gasteiger partial charge in [-0.3, -0.25) is 14.6 Å². The molecule has 35 heavy (non-hydrogen) atoms. The Labute approximate surface area is 204 Å². The summed E-state index contributed by atoms with van der Waals surface area (Å²) < 4.78 is 13.5. The third kappa shape index (κ3) is 6.60. The molecule has 0 radical (unpaired) electrons. The van der Waals surface area contributed by atoms with Crippen molar-refractivity contribution in [3.05, 3.63) is 138 Å². The van der Waals surface area contributed by atoms with Crippen LogP contribution in [0.3, 0.4) is 0 Å². The van der Waals surface area contributed by atoms with Crippen molar-refractivity contribution >= 4 is 11.8 Å². The normalized spacial score (nSPS) is 11.5. The number of carbonyl (C=O) groups excluding carboxylic acids is 2. The van der Waals surface area contributed by atoms with Gasteiger partial charge in [-0.1, -0.05) is 78.9 Å². The van der Waals surface area contributed by atoms with Crippen LogP contribution in [0.2, 0.25) is 0 Å². The van der Waals surface area contributed by atoms with E-state index in [2.05, 4.69) is 10.3 Å². The first-order chi connectivity index (χ1) is 17.1. The van der Waals surface area contributed by atoms with Crippen molar-refractivity contribution in [1.29, 1.82) is 0 Å². The van der Waals surface area contributed by atoms with E-state index in [0.717, 1.165) is 16.7 Å². The van der Waals surface area contributed by atoms with Gasteiger partial charge in [0.25, 0.3) is 0 Å². The monoisotopic (exact) mass is 467 g/mol. The Kier molecular flexibility index (Phi) is 7.96. The molecule has 0 spiro atoms. The molecular formula is C29H26FN3O2. The quantitative estimate of drug-likeness (QED) is 0.383. The fourth-order valence-corrected chi connectivity index (χ4v) is 3.88. The van der Waals surface area contributed by atoms with Crippen LogP contribution in [0.5, 0.6) is 0 Å². The van der Waals surface area contributed by atoms with E-state index in [-0.39, 0.29) is 37.1 Å². The van der Waals surface area contributed by atoms with Crippen molar-refractivity contribution in [2.75, 3.05) is 0 Å². The zero-order valence-electron chi connectivity index (χ0n) is 19.2. The number of hydrogen-bond acceptors (Lipinski definition) is 3. The van der Waals surface area contributed by atoms with Crippen LogP contribution >= 0.6 is 0 Å². The van der Waals surface area contributed by atoms with Crippen LogP contribution in [0.25, 0.3) is 0 Å². The molecular weight excluding hydrogens is 441 g/mol. The summed E-state index contributed by atoms with van der Waals surface area (Å²) in [6.45, 7) is 0.444. The summed E-state index contributed by atoms with van der Waals surface area (Å²) in [6, 6.07) is 27.4. The van der Waals surface area contributed by atoms with Gasteiger partial charge in [0.15, 0.2) is 0 Å². The van der Waals surface area contributed by atoms with Gasteiger partial charge in [-0.25, -0.2) is 4.39 Å². The maximum Gasteiger partial charge on any atom is 0.247 e. The van der Waals surface area contributed by atoms with Crippen LogP contribution in [0.1, 0.15) is 28.3 Å². The molecule has 1 atom stereocenters. The number of rotatable bonds is 9. The SMILES string of the molecule is O=C(NCc1cccnc1)[C@@H](c1ccccc1)N(Cc1ccc(F)cc1)C(=O)Cc1ccccc1. The van der Waals surface area contributed by atoms with Crippen molar-refractivity contribution in [2.24, 2.45) is 0 Å². The van der Waals surface area contributed by atoms with Crippen LogP contribution in [0.15, 0.2) is 109 Å². The molecule has 176 valence electrons. The predicted octanol–water partition coefficient (Wildman–Crippen LogP) is 4.85. The molecule has 4 rings (SSSR count). The largest absolute Gasteiger partial charge is 0.350 e. The molecule has 3 aromatic carbocycles. The van der Waals surface area contributed by atoms with Crippen molar-refractivity contribution in [1.82, 2.24) is 15.2 Å². The summed E-state index contributed by atoms with van der Waals surface area (Å²) >= 11 is 0. The van der Waals surface area contributed by atoms with Crippen molar-refractivity contribution in [2.45, 2.75) is 25.6 Å². The lowest BCUT2D eigenvalue weighted by atomic mass is 10.0. The van der Waals surface area contributed by atoms with Crippen molar-refractivity contribution < 1.29 is 14.0 Å². The first kappa shape index (κ1) is 23.8. The highest BCUT2D eigenvalue weighted by molar-refractivity contribution is 5.89. The number of nitrogens with zero attached hydrogens (tertiary/aromatic N) is 2. The molecule has 0 fully saturated rings. The average Bonchev–Trinajstić information content (AvgIpc) is 2.90. The van der Waals surface area contributed by atoms with Crippen LogP contribution in [-0.2, 0) is 29.1 Å². The van der Waals surface area contributed by atoms with Gasteiger partial charge in [0.2, 0.25) is 11.8 Å². The highest BCUT2D eigenvalue weighted by Crippen LogP contribution is 2.25. The Bertz CT molecular complexity index is 1230. The molecule has 2 amide bonds. The average molecular weight is 468 g/mol. The first-order valence-electron chi connectivity index (χ1n) is 11.4. The lowest BCUT2D eigenvalue weighted by molar-refractivity contribution is -0.141. The molecule has 1 heterocycles. The minimum absolute atomic E-state index is 0.140. The van der Waals surface area contributed by atoms with Gasteiger partial charge in [0.05, 0.1) is 6.42 Å². The maximum absolute atomic E-state index is 13.6. The van der Waals surface area contributed by atoms with E-state index in [4.69, 9.17) is 0 Å². The van der Waals surface area contributed by atoms with E-state index >= 15 is 0 Å². The van der Waals surface area contributed by atoms with Gasteiger partial charge in [-0.15, -0.1) is 0 Å². The number of amides is 2. The summed E-state index contributed by atoms with van der Waals surface area (Å²) in [5.41, 5.74) is 3.13. The van der Waals surface area contributed by atoms with Crippen LogP contribution in [-0.4, -0.2) is 21.7 Å². The molecule has 0 saturated heterocycles. The summed E-state index contributed by atoms with van der Waals surface area (Å²) in [7, 11) is 0. The van der Waals surface area contributed by atoms with Gasteiger partial charge < -0.3 is 10.2 Å². The molecule has 0 aliphatic carbocycles. The smallest absolute Gasteiger partial charge is 0.247 e. The Morgan fingerprint density at radius 2 is 1.46 bits per heavy atom. The second-order valence-electron chi connectivity index (χ2n) is 8.20. The van der Waals surface area contributed by atoms with E-state index in [1.165, 1.54) is 12.1 Å². The van der Waals surface area contributed by atoms with Gasteiger partial charge in [-0.2, -0.15) is 0 Å². The Hall–Kier alpha value is -4.32. The minimum atomic E-state index is -0.867. The highest BCUT2D eigenvalue weighted by atomic mass is 19.1. The van der Waals surface area contributed by atoms with Crippen LogP contribution in [0.4, 0.5) is 4.39 Å². The Morgan fingerprint density at radius 3 is 2.11 bits per heavy atom. The lowest BCUT2D eigenvalue weighted by Gasteiger charge is -2.32. The molecule has 0 unspecified atom stereocenters. The molecule has 6 heteroatoms. The van der Waals surface area contributed by atoms with E-state index in [1.807, 2.05) is 66.7 Å². The van der Waals surface area contributed by atoms with Crippen molar-refractivity contribution in [3.63, 3.8) is 0 Å². The maximum atomic E-state index is 13.6. The molecule has 0 bridgehead atoms. The standard InChI is InChI=1S/C29H26FN3O2/c30-26-15-13-23(14-16-26)21-33(27(34)18-22-8-3-1-4-9-22)28(25-11-5-2-6-12-25)29(35)32-20-24-10-7-17-31-19-24/h1-17,19,28H,18,20-21H2,(H,32,35)/t28-/m1/s1. The van der Waals surface area contributed by atoms with Crippen LogP contribution < -0.4 is 5.32 Å². The van der Waals surface area contributed by atoms with Crippen LogP contribution in [0, 0.1) is 5.82 Å². The zero-order valence-corrected chi connectivity index (χ0v) is 19.2. The molecule has 0 aliphatic rings. The summed E-state index contributed by atoms with van der Waals surface area (Å²) in [5, 5.41) is 2.96. The number of hydrogen-bond donors (Lipinski definition) is 1. The second kappa shape index (κ2) is 11.7. The van der Waals surface area contributed by atoms with E-state index in [0.29, 0.717) is 5.56 Å². The minimum Gasteiger partial charge on any atom is -0.350 e. The molecule has 1 aromatic heterocycles. The summed E-state index contributed by atoms with van der Waals surface area (Å²) in [6.07, 6.45) is 3.50. The summed E-state index contributed by atoms with van der Waals surface area (Å²) in [4.78, 5) is 32.9. The van der Waals surface area contributed by atoms with Gasteiger partial charge in [-0.05, 0) is 40.5 Å². The first-order valence-corrected chi connectivity index (χ1v) is 11.4. The fraction of sp³-hybridized carbons (Fsp3) is 0.138. The Morgan fingerprint density at radius 1 is 0.800 bits per heavy atom. The number of nitrogens with one attached hydrogen (secondary N) is 1. The number of benzene rings is 3. The number of aromatic nitrogens is 1. The molecule has 1 N–H and O–H groups in total. The van der Waals surface area contributed by atoms with E-state index in [1.54, 1.807) is 35.5 Å². The molecule has 0 aliphatic heterocycles. The van der Waals surface area contributed by atoms with Gasteiger partial charge in [0.1, 0.15) is 11.9 Å². The predicted molar refractivity (Wildman–Crippen MR) is 132 cm³/mol. The summed E-state index contributed by atoms with van der Waals surface area (Å²) in [5.74, 6) is -0.862. The lowest BCUT2D eigenvalue weighted by Crippen LogP contribution is -2.43. The topological polar surface area (TPSA) is 62.3 Å². The van der Waals surface area contributed by atoms with Gasteiger partial charge >= 0.3 is 0 Å². The molecule has 0 saturated carbocycles. The second-order valence-corrected chi connectivity index (χ2v) is 8.20. The Balaban J connectivity index is 1.66. The highest BCUT2D eigenvalue weighted by Gasteiger charge is 2.31. The third-order valence-corrected chi connectivity index (χ3v) is 5.65. The fourth-order valence-electron chi connectivity index (χ4n) is 3.88. The number of pyridine rings is 1. The zero-order chi connectivity index (χ0) is 24.5. The number of halogens is 1.